The van der Waals surface area contributed by atoms with E-state index in [-0.39, 0.29) is 32.0 Å². The predicted octanol–water partition coefficient (Wildman–Crippen LogP) is 0.933. The highest BCUT2D eigenvalue weighted by Gasteiger charge is 2.29. The van der Waals surface area contributed by atoms with Gasteiger partial charge in [0.2, 0.25) is 10.0 Å². The molecule has 0 bridgehead atoms. The molecular weight excluding hydrogens is 299 g/mol. The van der Waals surface area contributed by atoms with Gasteiger partial charge in [-0.05, 0) is 6.42 Å². The molecule has 0 spiro atoms. The topological polar surface area (TPSA) is 96.5 Å². The first-order chi connectivity index (χ1) is 9.08. The fourth-order valence-corrected chi connectivity index (χ4v) is 2.90. The number of nitrogens with one attached hydrogen (secondary N) is 1. The minimum absolute atomic E-state index is 0.0259. The Morgan fingerprint density at radius 2 is 1.95 bits per heavy atom. The van der Waals surface area contributed by atoms with Gasteiger partial charge in [0, 0.05) is 33.0 Å². The van der Waals surface area contributed by atoms with Crippen LogP contribution in [0.3, 0.4) is 0 Å². The SMILES string of the molecule is COCCN(CCC(=N)N)S(=O)(=O)CCCC(F)(F)F. The van der Waals surface area contributed by atoms with Crippen LogP contribution in [0.4, 0.5) is 13.2 Å². The maximum Gasteiger partial charge on any atom is 0.389 e. The summed E-state index contributed by atoms with van der Waals surface area (Å²) in [5.74, 6) is -0.772. The van der Waals surface area contributed by atoms with Crippen LogP contribution in [-0.4, -0.2) is 57.3 Å². The lowest BCUT2D eigenvalue weighted by atomic mass is 10.3. The van der Waals surface area contributed by atoms with Crippen LogP contribution in [0, 0.1) is 5.41 Å². The molecule has 0 aliphatic heterocycles. The Morgan fingerprint density at radius 3 is 2.40 bits per heavy atom. The molecule has 10 heteroatoms. The zero-order valence-electron chi connectivity index (χ0n) is 11.2. The number of rotatable bonds is 10. The van der Waals surface area contributed by atoms with Crippen LogP contribution in [0.2, 0.25) is 0 Å². The molecule has 0 aliphatic carbocycles. The molecule has 0 amide bonds. The van der Waals surface area contributed by atoms with Crippen molar-refractivity contribution in [3.05, 3.63) is 0 Å². The molecule has 0 rings (SSSR count). The fourth-order valence-electron chi connectivity index (χ4n) is 1.41. The Balaban J connectivity index is 4.54. The van der Waals surface area contributed by atoms with Crippen molar-refractivity contribution in [3.8, 4) is 0 Å². The highest BCUT2D eigenvalue weighted by Crippen LogP contribution is 2.22. The Labute approximate surface area is 116 Å². The van der Waals surface area contributed by atoms with Gasteiger partial charge in [0.15, 0.2) is 0 Å². The van der Waals surface area contributed by atoms with Gasteiger partial charge < -0.3 is 10.5 Å². The van der Waals surface area contributed by atoms with E-state index < -0.39 is 34.8 Å². The summed E-state index contributed by atoms with van der Waals surface area (Å²) in [6.07, 6.45) is -5.97. The second kappa shape index (κ2) is 8.42. The van der Waals surface area contributed by atoms with Gasteiger partial charge in [0.1, 0.15) is 0 Å². The molecule has 0 fully saturated rings. The number of nitrogens with two attached hydrogens (primary N) is 1. The van der Waals surface area contributed by atoms with Crippen molar-refractivity contribution in [2.24, 2.45) is 5.73 Å². The van der Waals surface area contributed by atoms with E-state index in [9.17, 15) is 21.6 Å². The second-order valence-corrected chi connectivity index (χ2v) is 6.29. The van der Waals surface area contributed by atoms with Crippen molar-refractivity contribution in [2.45, 2.75) is 25.4 Å². The molecule has 0 aromatic rings. The maximum atomic E-state index is 12.0. The van der Waals surface area contributed by atoms with E-state index in [0.717, 1.165) is 4.31 Å². The van der Waals surface area contributed by atoms with Gasteiger partial charge in [-0.1, -0.05) is 0 Å². The zero-order valence-corrected chi connectivity index (χ0v) is 12.1. The standard InChI is InChI=1S/C10H20F3N3O3S/c1-19-7-6-16(5-3-9(14)15)20(17,18)8-2-4-10(11,12)13/h2-8H2,1H3,(H3,14,15). The molecule has 0 radical (unpaired) electrons. The summed E-state index contributed by atoms with van der Waals surface area (Å²) in [5.41, 5.74) is 5.15. The monoisotopic (exact) mass is 319 g/mol. The smallest absolute Gasteiger partial charge is 0.388 e. The summed E-state index contributed by atoms with van der Waals surface area (Å²) in [7, 11) is -2.42. The van der Waals surface area contributed by atoms with Gasteiger partial charge >= 0.3 is 6.18 Å². The van der Waals surface area contributed by atoms with E-state index in [2.05, 4.69) is 0 Å². The average molecular weight is 319 g/mol. The number of hydrogen-bond donors (Lipinski definition) is 2. The number of ether oxygens (including phenoxy) is 1. The summed E-state index contributed by atoms with van der Waals surface area (Å²) >= 11 is 0. The highest BCUT2D eigenvalue weighted by molar-refractivity contribution is 7.89. The molecule has 0 heterocycles. The van der Waals surface area contributed by atoms with E-state index in [1.54, 1.807) is 0 Å². The Kier molecular flexibility index (Phi) is 8.06. The van der Waals surface area contributed by atoms with E-state index >= 15 is 0 Å². The van der Waals surface area contributed by atoms with E-state index in [1.165, 1.54) is 7.11 Å². The zero-order chi connectivity index (χ0) is 15.8. The van der Waals surface area contributed by atoms with Crippen molar-refractivity contribution < 1.29 is 26.3 Å². The number of alkyl halides is 3. The van der Waals surface area contributed by atoms with Crippen molar-refractivity contribution in [1.29, 1.82) is 5.41 Å². The summed E-state index contributed by atoms with van der Waals surface area (Å²) < 4.78 is 65.7. The highest BCUT2D eigenvalue weighted by atomic mass is 32.2. The molecule has 0 aromatic heterocycles. The van der Waals surface area contributed by atoms with Crippen LogP contribution < -0.4 is 5.73 Å². The van der Waals surface area contributed by atoms with E-state index in [1.807, 2.05) is 0 Å². The molecule has 3 N–H and O–H groups in total. The summed E-state index contributed by atoms with van der Waals surface area (Å²) in [5, 5.41) is 7.07. The third kappa shape index (κ3) is 9.10. The van der Waals surface area contributed by atoms with Crippen LogP contribution in [0.25, 0.3) is 0 Å². The van der Waals surface area contributed by atoms with Crippen LogP contribution in [0.5, 0.6) is 0 Å². The molecular formula is C10H20F3N3O3S. The maximum absolute atomic E-state index is 12.0. The van der Waals surface area contributed by atoms with Crippen LogP contribution >= 0.6 is 0 Å². The lowest BCUT2D eigenvalue weighted by Gasteiger charge is -2.21. The molecule has 0 saturated carbocycles. The molecule has 0 atom stereocenters. The Morgan fingerprint density at radius 1 is 1.35 bits per heavy atom. The number of nitrogens with zero attached hydrogens (tertiary/aromatic N) is 1. The molecule has 6 nitrogen and oxygen atoms in total. The number of amidine groups is 1. The summed E-state index contributed by atoms with van der Waals surface area (Å²) in [4.78, 5) is 0. The van der Waals surface area contributed by atoms with Gasteiger partial charge in [-0.15, -0.1) is 0 Å². The van der Waals surface area contributed by atoms with Crippen molar-refractivity contribution in [3.63, 3.8) is 0 Å². The van der Waals surface area contributed by atoms with Gasteiger partial charge in [-0.25, -0.2) is 8.42 Å². The van der Waals surface area contributed by atoms with Crippen molar-refractivity contribution in [1.82, 2.24) is 4.31 Å². The van der Waals surface area contributed by atoms with E-state index in [0.29, 0.717) is 0 Å². The van der Waals surface area contributed by atoms with Gasteiger partial charge in [-0.3, -0.25) is 5.41 Å². The molecule has 0 unspecified atom stereocenters. The normalized spacial score (nSPS) is 12.8. The second-order valence-electron chi connectivity index (χ2n) is 4.20. The Bertz CT molecular complexity index is 398. The van der Waals surface area contributed by atoms with Crippen LogP contribution in [0.15, 0.2) is 0 Å². The van der Waals surface area contributed by atoms with Crippen molar-refractivity contribution >= 4 is 15.9 Å². The summed E-state index contributed by atoms with van der Waals surface area (Å²) in [6, 6.07) is 0. The quantitative estimate of drug-likeness (QED) is 0.462. The van der Waals surface area contributed by atoms with Gasteiger partial charge in [0.05, 0.1) is 18.2 Å². The Hall–Kier alpha value is -0.870. The van der Waals surface area contributed by atoms with Crippen LogP contribution in [0.1, 0.15) is 19.3 Å². The third-order valence-electron chi connectivity index (χ3n) is 2.43. The predicted molar refractivity (Wildman–Crippen MR) is 69.1 cm³/mol. The summed E-state index contributed by atoms with van der Waals surface area (Å²) in [6.45, 7) is 0.113. The average Bonchev–Trinajstić information content (AvgIpc) is 2.26. The largest absolute Gasteiger partial charge is 0.389 e. The molecule has 120 valence electrons. The minimum Gasteiger partial charge on any atom is -0.388 e. The first kappa shape index (κ1) is 19.1. The fraction of sp³-hybridized carbons (Fsp3) is 0.900. The molecule has 0 saturated heterocycles. The van der Waals surface area contributed by atoms with Gasteiger partial charge in [0.25, 0.3) is 0 Å². The number of sulfonamides is 1. The van der Waals surface area contributed by atoms with Crippen LogP contribution in [-0.2, 0) is 14.8 Å². The molecule has 0 aromatic carbocycles. The molecule has 20 heavy (non-hydrogen) atoms. The number of hydrogen-bond acceptors (Lipinski definition) is 4. The minimum atomic E-state index is -4.37. The van der Waals surface area contributed by atoms with Crippen molar-refractivity contribution in [2.75, 3.05) is 32.6 Å². The first-order valence-corrected chi connectivity index (χ1v) is 7.56. The number of methoxy groups -OCH3 is 1. The number of halogens is 3. The first-order valence-electron chi connectivity index (χ1n) is 5.95. The molecule has 0 aliphatic rings. The van der Waals surface area contributed by atoms with Gasteiger partial charge in [-0.2, -0.15) is 17.5 Å². The lowest BCUT2D eigenvalue weighted by Crippen LogP contribution is -2.38. The van der Waals surface area contributed by atoms with E-state index in [4.69, 9.17) is 15.9 Å². The lowest BCUT2D eigenvalue weighted by molar-refractivity contribution is -0.134. The third-order valence-corrected chi connectivity index (χ3v) is 4.39.